The number of rotatable bonds is 3. The molecule has 0 unspecified atom stereocenters. The molecule has 5 heteroatoms. The average Bonchev–Trinajstić information content (AvgIpc) is 3.17. The molecule has 1 aromatic heterocycles. The highest BCUT2D eigenvalue weighted by molar-refractivity contribution is 5.97. The van der Waals surface area contributed by atoms with Crippen LogP contribution in [0.4, 0.5) is 11.5 Å². The van der Waals surface area contributed by atoms with E-state index in [9.17, 15) is 4.79 Å². The Labute approximate surface area is 142 Å². The number of carbonyl (C=O) groups excluding carboxylic acids is 1. The molecule has 2 aromatic rings. The van der Waals surface area contributed by atoms with Crippen molar-refractivity contribution in [3.8, 4) is 0 Å². The minimum Gasteiger partial charge on any atom is -0.356 e. The number of aromatic nitrogens is 2. The molecule has 4 rings (SSSR count). The van der Waals surface area contributed by atoms with Gasteiger partial charge in [-0.2, -0.15) is 0 Å². The van der Waals surface area contributed by atoms with E-state index in [2.05, 4.69) is 20.2 Å². The summed E-state index contributed by atoms with van der Waals surface area (Å²) in [7, 11) is 0. The summed E-state index contributed by atoms with van der Waals surface area (Å²) >= 11 is 0. The molecule has 1 saturated heterocycles. The molecule has 1 aromatic carbocycles. The van der Waals surface area contributed by atoms with Crippen molar-refractivity contribution < 1.29 is 4.79 Å². The molecule has 2 fully saturated rings. The second-order valence-electron chi connectivity index (χ2n) is 6.95. The summed E-state index contributed by atoms with van der Waals surface area (Å²) in [4.78, 5) is 23.6. The van der Waals surface area contributed by atoms with Gasteiger partial charge >= 0.3 is 0 Å². The standard InChI is InChI=1S/C19H24N4O/c24-19(14-6-2-3-7-14)22-15-8-9-17-16(12-15)18(21-13-20-17)23-10-4-1-5-11-23/h8-9,12-14H,1-7,10-11H2,(H,22,24). The van der Waals surface area contributed by atoms with Gasteiger partial charge in [0.05, 0.1) is 5.52 Å². The summed E-state index contributed by atoms with van der Waals surface area (Å²) in [5, 5.41) is 4.12. The molecule has 0 bridgehead atoms. The fourth-order valence-electron chi connectivity index (χ4n) is 3.91. The maximum Gasteiger partial charge on any atom is 0.227 e. The van der Waals surface area contributed by atoms with Gasteiger partial charge in [-0.05, 0) is 50.3 Å². The number of anilines is 2. The number of amides is 1. The topological polar surface area (TPSA) is 58.1 Å². The Hall–Kier alpha value is -2.17. The van der Waals surface area contributed by atoms with Gasteiger partial charge in [-0.25, -0.2) is 9.97 Å². The zero-order valence-electron chi connectivity index (χ0n) is 14.0. The maximum atomic E-state index is 12.4. The van der Waals surface area contributed by atoms with Gasteiger partial charge in [0.2, 0.25) is 5.91 Å². The minimum atomic E-state index is 0.156. The zero-order chi connectivity index (χ0) is 16.4. The summed E-state index contributed by atoms with van der Waals surface area (Å²) in [5.74, 6) is 1.33. The molecule has 2 aliphatic rings. The second kappa shape index (κ2) is 6.75. The van der Waals surface area contributed by atoms with Crippen molar-refractivity contribution in [1.82, 2.24) is 9.97 Å². The summed E-state index contributed by atoms with van der Waals surface area (Å²) in [6, 6.07) is 5.96. The molecule has 1 saturated carbocycles. The Kier molecular flexibility index (Phi) is 4.32. The minimum absolute atomic E-state index is 0.156. The van der Waals surface area contributed by atoms with E-state index in [0.717, 1.165) is 48.3 Å². The number of carbonyl (C=O) groups is 1. The number of hydrogen-bond donors (Lipinski definition) is 1. The van der Waals surface area contributed by atoms with E-state index < -0.39 is 0 Å². The highest BCUT2D eigenvalue weighted by Crippen LogP contribution is 2.29. The van der Waals surface area contributed by atoms with Crippen molar-refractivity contribution in [2.45, 2.75) is 44.9 Å². The van der Waals surface area contributed by atoms with Gasteiger partial charge in [0.25, 0.3) is 0 Å². The maximum absolute atomic E-state index is 12.4. The predicted octanol–water partition coefficient (Wildman–Crippen LogP) is 3.75. The monoisotopic (exact) mass is 324 g/mol. The number of benzene rings is 1. The van der Waals surface area contributed by atoms with E-state index in [4.69, 9.17) is 0 Å². The summed E-state index contributed by atoms with van der Waals surface area (Å²) < 4.78 is 0. The molecule has 1 aliphatic heterocycles. The SMILES string of the molecule is O=C(Nc1ccc2ncnc(N3CCCCC3)c2c1)C1CCCC1. The van der Waals surface area contributed by atoms with Gasteiger partial charge in [-0.3, -0.25) is 4.79 Å². The van der Waals surface area contributed by atoms with Crippen LogP contribution in [0.2, 0.25) is 0 Å². The molecule has 24 heavy (non-hydrogen) atoms. The average molecular weight is 324 g/mol. The van der Waals surface area contributed by atoms with E-state index in [1.165, 1.54) is 32.1 Å². The van der Waals surface area contributed by atoms with E-state index >= 15 is 0 Å². The molecular weight excluding hydrogens is 300 g/mol. The largest absolute Gasteiger partial charge is 0.356 e. The second-order valence-corrected chi connectivity index (χ2v) is 6.95. The molecule has 1 amide bonds. The number of piperidine rings is 1. The van der Waals surface area contributed by atoms with Gasteiger partial charge in [0.1, 0.15) is 12.1 Å². The van der Waals surface area contributed by atoms with E-state index in [1.54, 1.807) is 6.33 Å². The van der Waals surface area contributed by atoms with E-state index in [-0.39, 0.29) is 11.8 Å². The third kappa shape index (κ3) is 3.07. The first-order valence-electron chi connectivity index (χ1n) is 9.12. The predicted molar refractivity (Wildman–Crippen MR) is 96.2 cm³/mol. The van der Waals surface area contributed by atoms with Crippen LogP contribution in [0.25, 0.3) is 10.9 Å². The summed E-state index contributed by atoms with van der Waals surface area (Å²) in [6.45, 7) is 2.09. The smallest absolute Gasteiger partial charge is 0.227 e. The molecule has 0 atom stereocenters. The molecule has 1 N–H and O–H groups in total. The lowest BCUT2D eigenvalue weighted by atomic mass is 10.1. The van der Waals surface area contributed by atoms with Gasteiger partial charge in [-0.1, -0.05) is 12.8 Å². The van der Waals surface area contributed by atoms with Crippen molar-refractivity contribution >= 4 is 28.3 Å². The summed E-state index contributed by atoms with van der Waals surface area (Å²) in [6.07, 6.45) is 9.73. The molecule has 1 aliphatic carbocycles. The van der Waals surface area contributed by atoms with Crippen LogP contribution in [-0.2, 0) is 4.79 Å². The normalized spacial score (nSPS) is 18.9. The fraction of sp³-hybridized carbons (Fsp3) is 0.526. The van der Waals surface area contributed by atoms with E-state index in [1.807, 2.05) is 18.2 Å². The highest BCUT2D eigenvalue weighted by Gasteiger charge is 2.23. The van der Waals surface area contributed by atoms with Crippen LogP contribution in [0.15, 0.2) is 24.5 Å². The van der Waals surface area contributed by atoms with Crippen LogP contribution < -0.4 is 10.2 Å². The number of hydrogen-bond acceptors (Lipinski definition) is 4. The molecule has 0 spiro atoms. The molecular formula is C19H24N4O. The van der Waals surface area contributed by atoms with Gasteiger partial charge in [0, 0.05) is 30.1 Å². The molecule has 2 heterocycles. The molecule has 126 valence electrons. The van der Waals surface area contributed by atoms with Crippen LogP contribution >= 0.6 is 0 Å². The first kappa shape index (κ1) is 15.4. The van der Waals surface area contributed by atoms with Crippen LogP contribution in [-0.4, -0.2) is 29.0 Å². The van der Waals surface area contributed by atoms with Crippen molar-refractivity contribution in [3.63, 3.8) is 0 Å². The lowest BCUT2D eigenvalue weighted by Gasteiger charge is -2.28. The third-order valence-corrected chi connectivity index (χ3v) is 5.26. The van der Waals surface area contributed by atoms with Crippen molar-refractivity contribution in [3.05, 3.63) is 24.5 Å². The summed E-state index contributed by atoms with van der Waals surface area (Å²) in [5.41, 5.74) is 1.79. The lowest BCUT2D eigenvalue weighted by Crippen LogP contribution is -2.30. The van der Waals surface area contributed by atoms with Crippen molar-refractivity contribution in [1.29, 1.82) is 0 Å². The number of nitrogens with zero attached hydrogens (tertiary/aromatic N) is 3. The van der Waals surface area contributed by atoms with Crippen LogP contribution in [0.5, 0.6) is 0 Å². The Morgan fingerprint density at radius 1 is 1.04 bits per heavy atom. The Morgan fingerprint density at radius 3 is 2.62 bits per heavy atom. The first-order chi connectivity index (χ1) is 11.8. The third-order valence-electron chi connectivity index (χ3n) is 5.26. The molecule has 0 radical (unpaired) electrons. The Balaban J connectivity index is 1.62. The van der Waals surface area contributed by atoms with Gasteiger partial charge < -0.3 is 10.2 Å². The Bertz CT molecular complexity index is 733. The first-order valence-corrected chi connectivity index (χ1v) is 9.12. The quantitative estimate of drug-likeness (QED) is 0.934. The fourth-order valence-corrected chi connectivity index (χ4v) is 3.91. The van der Waals surface area contributed by atoms with E-state index in [0.29, 0.717) is 0 Å². The van der Waals surface area contributed by atoms with Crippen LogP contribution in [0.1, 0.15) is 44.9 Å². The lowest BCUT2D eigenvalue weighted by molar-refractivity contribution is -0.119. The van der Waals surface area contributed by atoms with Crippen LogP contribution in [0.3, 0.4) is 0 Å². The van der Waals surface area contributed by atoms with Gasteiger partial charge in [0.15, 0.2) is 0 Å². The number of nitrogens with one attached hydrogen (secondary N) is 1. The highest BCUT2D eigenvalue weighted by atomic mass is 16.1. The van der Waals surface area contributed by atoms with Crippen molar-refractivity contribution in [2.24, 2.45) is 5.92 Å². The Morgan fingerprint density at radius 2 is 1.83 bits per heavy atom. The number of fused-ring (bicyclic) bond motifs is 1. The van der Waals surface area contributed by atoms with Gasteiger partial charge in [-0.15, -0.1) is 0 Å². The zero-order valence-corrected chi connectivity index (χ0v) is 14.0. The van der Waals surface area contributed by atoms with Crippen molar-refractivity contribution in [2.75, 3.05) is 23.3 Å². The van der Waals surface area contributed by atoms with Crippen LogP contribution in [0, 0.1) is 5.92 Å². The molecule has 5 nitrogen and oxygen atoms in total.